The minimum atomic E-state index is -0.0281. The number of nitrogens with one attached hydrogen (secondary N) is 1. The average molecular weight is 358 g/mol. The quantitative estimate of drug-likeness (QED) is 0.545. The number of benzene rings is 1. The molecule has 2 heterocycles. The van der Waals surface area contributed by atoms with Gasteiger partial charge in [-0.3, -0.25) is 4.79 Å². The van der Waals surface area contributed by atoms with Gasteiger partial charge in [-0.2, -0.15) is 0 Å². The van der Waals surface area contributed by atoms with Crippen LogP contribution in [0.2, 0.25) is 0 Å². The van der Waals surface area contributed by atoms with Gasteiger partial charge in [0.2, 0.25) is 5.91 Å². The molecule has 0 radical (unpaired) electrons. The summed E-state index contributed by atoms with van der Waals surface area (Å²) < 4.78 is 0. The van der Waals surface area contributed by atoms with Crippen molar-refractivity contribution in [1.82, 2.24) is 9.97 Å². The maximum atomic E-state index is 12.2. The van der Waals surface area contributed by atoms with Crippen LogP contribution in [-0.4, -0.2) is 21.6 Å². The van der Waals surface area contributed by atoms with Gasteiger partial charge < -0.3 is 5.32 Å². The molecular formula is C18H19N3OS2. The van der Waals surface area contributed by atoms with E-state index in [0.717, 1.165) is 32.3 Å². The first kappa shape index (κ1) is 16.9. The molecule has 124 valence electrons. The zero-order valence-electron chi connectivity index (χ0n) is 14.1. The molecule has 0 spiro atoms. The highest BCUT2D eigenvalue weighted by Crippen LogP contribution is 2.35. The Balaban J connectivity index is 1.77. The molecule has 3 aromatic rings. The number of amides is 1. The van der Waals surface area contributed by atoms with Gasteiger partial charge in [0, 0.05) is 16.0 Å². The lowest BCUT2D eigenvalue weighted by Crippen LogP contribution is -2.14. The van der Waals surface area contributed by atoms with Gasteiger partial charge in [0.1, 0.15) is 15.7 Å². The van der Waals surface area contributed by atoms with Crippen LogP contribution in [-0.2, 0) is 4.79 Å². The highest BCUT2D eigenvalue weighted by molar-refractivity contribution is 8.00. The second-order valence-corrected chi connectivity index (χ2v) is 7.91. The number of carbonyl (C=O) groups is 1. The van der Waals surface area contributed by atoms with Crippen molar-refractivity contribution in [2.24, 2.45) is 0 Å². The van der Waals surface area contributed by atoms with Gasteiger partial charge in [-0.05, 0) is 51.0 Å². The van der Waals surface area contributed by atoms with Crippen LogP contribution in [0.5, 0.6) is 0 Å². The fraction of sp³-hybridized carbons (Fsp3) is 0.278. The smallest absolute Gasteiger partial charge is 0.234 e. The van der Waals surface area contributed by atoms with Crippen molar-refractivity contribution in [3.05, 3.63) is 46.1 Å². The highest BCUT2D eigenvalue weighted by Gasteiger charge is 2.15. The normalized spacial score (nSPS) is 11.0. The topological polar surface area (TPSA) is 54.9 Å². The van der Waals surface area contributed by atoms with Gasteiger partial charge in [-0.25, -0.2) is 9.97 Å². The van der Waals surface area contributed by atoms with E-state index in [0.29, 0.717) is 5.75 Å². The van der Waals surface area contributed by atoms with Crippen LogP contribution in [0.4, 0.5) is 5.69 Å². The Labute approximate surface area is 149 Å². The summed E-state index contributed by atoms with van der Waals surface area (Å²) >= 11 is 3.15. The number of hydrogen-bond donors (Lipinski definition) is 1. The number of rotatable bonds is 4. The maximum Gasteiger partial charge on any atom is 0.234 e. The molecule has 0 aliphatic rings. The Morgan fingerprint density at radius 1 is 1.21 bits per heavy atom. The SMILES string of the molecule is Cc1cccc(NC(=O)CSc2nc(C)nc3sc(C)c(C)c23)c1. The van der Waals surface area contributed by atoms with E-state index in [-0.39, 0.29) is 5.91 Å². The highest BCUT2D eigenvalue weighted by atomic mass is 32.2. The van der Waals surface area contributed by atoms with E-state index in [4.69, 9.17) is 0 Å². The van der Waals surface area contributed by atoms with E-state index < -0.39 is 0 Å². The predicted octanol–water partition coefficient (Wildman–Crippen LogP) is 4.66. The third kappa shape index (κ3) is 3.60. The lowest BCUT2D eigenvalue weighted by molar-refractivity contribution is -0.113. The minimum Gasteiger partial charge on any atom is -0.325 e. The number of carbonyl (C=O) groups excluding carboxylic acids is 1. The standard InChI is InChI=1S/C18H19N3OS2/c1-10-6-5-7-14(8-10)21-15(22)9-23-17-16-11(2)12(3)24-18(16)20-13(4)19-17/h5-8H,9H2,1-4H3,(H,21,22). The van der Waals surface area contributed by atoms with Crippen molar-refractivity contribution in [2.45, 2.75) is 32.7 Å². The van der Waals surface area contributed by atoms with Crippen LogP contribution in [0.15, 0.2) is 29.3 Å². The molecule has 4 nitrogen and oxygen atoms in total. The van der Waals surface area contributed by atoms with Gasteiger partial charge in [-0.1, -0.05) is 23.9 Å². The molecule has 24 heavy (non-hydrogen) atoms. The fourth-order valence-corrected chi connectivity index (χ4v) is 4.54. The lowest BCUT2D eigenvalue weighted by Gasteiger charge is -2.07. The number of anilines is 1. The molecule has 0 fully saturated rings. The van der Waals surface area contributed by atoms with Crippen LogP contribution in [0, 0.1) is 27.7 Å². The zero-order chi connectivity index (χ0) is 17.3. The monoisotopic (exact) mass is 357 g/mol. The number of nitrogens with zero attached hydrogens (tertiary/aromatic N) is 2. The summed E-state index contributed by atoms with van der Waals surface area (Å²) in [7, 11) is 0. The molecule has 0 atom stereocenters. The van der Waals surface area contributed by atoms with Gasteiger partial charge in [0.05, 0.1) is 5.75 Å². The van der Waals surface area contributed by atoms with Crippen LogP contribution in [0.1, 0.15) is 21.8 Å². The number of thioether (sulfide) groups is 1. The van der Waals surface area contributed by atoms with E-state index >= 15 is 0 Å². The van der Waals surface area contributed by atoms with E-state index in [9.17, 15) is 4.79 Å². The van der Waals surface area contributed by atoms with Crippen LogP contribution in [0.25, 0.3) is 10.2 Å². The van der Waals surface area contributed by atoms with Gasteiger partial charge in [0.15, 0.2) is 0 Å². The first-order valence-corrected chi connectivity index (χ1v) is 9.48. The van der Waals surface area contributed by atoms with Crippen LogP contribution >= 0.6 is 23.1 Å². The first-order chi connectivity index (χ1) is 11.4. The third-order valence-electron chi connectivity index (χ3n) is 3.75. The van der Waals surface area contributed by atoms with Gasteiger partial charge in [-0.15, -0.1) is 11.3 Å². The fourth-order valence-electron chi connectivity index (χ4n) is 2.47. The molecular weight excluding hydrogens is 338 g/mol. The van der Waals surface area contributed by atoms with Crippen molar-refractivity contribution >= 4 is 44.9 Å². The van der Waals surface area contributed by atoms with Crippen molar-refractivity contribution < 1.29 is 4.79 Å². The Hall–Kier alpha value is -1.92. The molecule has 0 saturated carbocycles. The molecule has 1 aromatic carbocycles. The second-order valence-electron chi connectivity index (χ2n) is 5.75. The number of thiophene rings is 1. The molecule has 0 aliphatic heterocycles. The van der Waals surface area contributed by atoms with Gasteiger partial charge in [0.25, 0.3) is 0 Å². The molecule has 0 aliphatic carbocycles. The van der Waals surface area contributed by atoms with Crippen molar-refractivity contribution in [1.29, 1.82) is 0 Å². The third-order valence-corrected chi connectivity index (χ3v) is 5.83. The summed E-state index contributed by atoms with van der Waals surface area (Å²) in [6.45, 7) is 8.08. The number of aromatic nitrogens is 2. The van der Waals surface area contributed by atoms with Crippen LogP contribution < -0.4 is 5.32 Å². The summed E-state index contributed by atoms with van der Waals surface area (Å²) in [5, 5.41) is 4.90. The van der Waals surface area contributed by atoms with Crippen molar-refractivity contribution in [3.8, 4) is 0 Å². The predicted molar refractivity (Wildman–Crippen MR) is 102 cm³/mol. The summed E-state index contributed by atoms with van der Waals surface area (Å²) in [5.74, 6) is 1.04. The Bertz CT molecular complexity index is 918. The van der Waals surface area contributed by atoms with E-state index in [1.54, 1.807) is 11.3 Å². The van der Waals surface area contributed by atoms with E-state index in [1.807, 2.05) is 38.1 Å². The Morgan fingerprint density at radius 3 is 2.75 bits per heavy atom. The van der Waals surface area contributed by atoms with Crippen molar-refractivity contribution in [2.75, 3.05) is 11.1 Å². The van der Waals surface area contributed by atoms with E-state index in [2.05, 4.69) is 29.1 Å². The number of hydrogen-bond acceptors (Lipinski definition) is 5. The summed E-state index contributed by atoms with van der Waals surface area (Å²) in [6, 6.07) is 7.80. The molecule has 1 amide bonds. The number of aryl methyl sites for hydroxylation is 4. The van der Waals surface area contributed by atoms with Gasteiger partial charge >= 0.3 is 0 Å². The second kappa shape index (κ2) is 6.91. The average Bonchev–Trinajstić information content (AvgIpc) is 2.79. The van der Waals surface area contributed by atoms with Crippen LogP contribution in [0.3, 0.4) is 0 Å². The van der Waals surface area contributed by atoms with E-state index in [1.165, 1.54) is 22.2 Å². The molecule has 1 N–H and O–H groups in total. The lowest BCUT2D eigenvalue weighted by atomic mass is 10.2. The number of fused-ring (bicyclic) bond motifs is 1. The molecule has 0 bridgehead atoms. The largest absolute Gasteiger partial charge is 0.325 e. The Kier molecular flexibility index (Phi) is 4.87. The Morgan fingerprint density at radius 2 is 2.00 bits per heavy atom. The van der Waals surface area contributed by atoms with Crippen molar-refractivity contribution in [3.63, 3.8) is 0 Å². The zero-order valence-corrected chi connectivity index (χ0v) is 15.8. The molecule has 0 saturated heterocycles. The summed E-state index contributed by atoms with van der Waals surface area (Å²) in [4.78, 5) is 23.5. The maximum absolute atomic E-state index is 12.2. The molecule has 0 unspecified atom stereocenters. The molecule has 3 rings (SSSR count). The summed E-state index contributed by atoms with van der Waals surface area (Å²) in [5.41, 5.74) is 3.15. The summed E-state index contributed by atoms with van der Waals surface area (Å²) in [6.07, 6.45) is 0. The molecule has 2 aromatic heterocycles. The molecule has 6 heteroatoms. The first-order valence-electron chi connectivity index (χ1n) is 7.67. The minimum absolute atomic E-state index is 0.0281.